The van der Waals surface area contributed by atoms with E-state index in [-0.39, 0.29) is 5.92 Å². The Labute approximate surface area is 117 Å². The molecule has 0 bridgehead atoms. The van der Waals surface area contributed by atoms with Crippen LogP contribution in [0.4, 0.5) is 0 Å². The molecule has 2 saturated heterocycles. The highest BCUT2D eigenvalue weighted by molar-refractivity contribution is 5.00. The van der Waals surface area contributed by atoms with Gasteiger partial charge in [0, 0.05) is 31.2 Å². The summed E-state index contributed by atoms with van der Waals surface area (Å²) in [5, 5.41) is 9.50. The van der Waals surface area contributed by atoms with Gasteiger partial charge in [-0.25, -0.2) is 0 Å². The van der Waals surface area contributed by atoms with Crippen LogP contribution in [-0.2, 0) is 0 Å². The Bertz CT molecular complexity index is 348. The van der Waals surface area contributed by atoms with Gasteiger partial charge in [-0.1, -0.05) is 19.3 Å². The lowest BCUT2D eigenvalue weighted by Crippen LogP contribution is -2.59. The van der Waals surface area contributed by atoms with Crippen LogP contribution in [0.15, 0.2) is 0 Å². The molecule has 3 heteroatoms. The molecule has 2 heterocycles. The summed E-state index contributed by atoms with van der Waals surface area (Å²) < 4.78 is 0. The summed E-state index contributed by atoms with van der Waals surface area (Å²) in [5.74, 6) is 0.276. The van der Waals surface area contributed by atoms with Gasteiger partial charge in [-0.05, 0) is 39.2 Å². The van der Waals surface area contributed by atoms with Gasteiger partial charge in [-0.15, -0.1) is 0 Å². The Morgan fingerprint density at radius 1 is 1.00 bits per heavy atom. The summed E-state index contributed by atoms with van der Waals surface area (Å²) in [4.78, 5) is 5.38. The van der Waals surface area contributed by atoms with Crippen molar-refractivity contribution in [3.05, 3.63) is 0 Å². The molecule has 1 aliphatic carbocycles. The minimum absolute atomic E-state index is 0.276. The molecule has 3 aliphatic rings. The van der Waals surface area contributed by atoms with Crippen molar-refractivity contribution in [1.29, 1.82) is 5.26 Å². The zero-order valence-electron chi connectivity index (χ0n) is 12.2. The molecule has 0 aromatic heterocycles. The third kappa shape index (κ3) is 2.66. The highest BCUT2D eigenvalue weighted by Crippen LogP contribution is 2.32. The van der Waals surface area contributed by atoms with E-state index in [1.807, 2.05) is 0 Å². The zero-order chi connectivity index (χ0) is 13.2. The van der Waals surface area contributed by atoms with Crippen molar-refractivity contribution in [3.63, 3.8) is 0 Å². The molecule has 0 spiro atoms. The fraction of sp³-hybridized carbons (Fsp3) is 0.938. The summed E-state index contributed by atoms with van der Waals surface area (Å²) in [6.07, 6.45) is 9.01. The largest absolute Gasteiger partial charge is 0.298 e. The monoisotopic (exact) mass is 261 g/mol. The lowest BCUT2D eigenvalue weighted by atomic mass is 9.92. The molecule has 4 atom stereocenters. The van der Waals surface area contributed by atoms with Gasteiger partial charge in [0.05, 0.1) is 12.0 Å². The van der Waals surface area contributed by atoms with Crippen molar-refractivity contribution in [1.82, 2.24) is 9.80 Å². The average molecular weight is 261 g/mol. The molecular formula is C16H27N3. The van der Waals surface area contributed by atoms with E-state index in [0.29, 0.717) is 12.1 Å². The van der Waals surface area contributed by atoms with Crippen molar-refractivity contribution in [2.45, 2.75) is 70.0 Å². The first-order valence-electron chi connectivity index (χ1n) is 8.19. The van der Waals surface area contributed by atoms with E-state index in [9.17, 15) is 5.26 Å². The third-order valence-corrected chi connectivity index (χ3v) is 5.56. The van der Waals surface area contributed by atoms with Gasteiger partial charge in [-0.2, -0.15) is 5.26 Å². The fourth-order valence-electron chi connectivity index (χ4n) is 4.51. The SMILES string of the molecule is CC1CN2CCCC2CN1C1CCCCCC1C#N. The van der Waals surface area contributed by atoms with Gasteiger partial charge in [0.2, 0.25) is 0 Å². The van der Waals surface area contributed by atoms with E-state index < -0.39 is 0 Å². The number of rotatable bonds is 1. The van der Waals surface area contributed by atoms with Crippen LogP contribution in [0.5, 0.6) is 0 Å². The summed E-state index contributed by atoms with van der Waals surface area (Å²) >= 11 is 0. The van der Waals surface area contributed by atoms with E-state index in [1.165, 1.54) is 58.2 Å². The van der Waals surface area contributed by atoms with Crippen LogP contribution >= 0.6 is 0 Å². The van der Waals surface area contributed by atoms with Crippen LogP contribution in [0.2, 0.25) is 0 Å². The smallest absolute Gasteiger partial charge is 0.0672 e. The molecule has 3 nitrogen and oxygen atoms in total. The van der Waals surface area contributed by atoms with Crippen molar-refractivity contribution in [2.75, 3.05) is 19.6 Å². The quantitative estimate of drug-likeness (QED) is 0.680. The van der Waals surface area contributed by atoms with Gasteiger partial charge >= 0.3 is 0 Å². The normalized spacial score (nSPS) is 41.5. The second-order valence-electron chi connectivity index (χ2n) is 6.78. The summed E-state index contributed by atoms with van der Waals surface area (Å²) in [7, 11) is 0. The van der Waals surface area contributed by atoms with Gasteiger partial charge in [0.15, 0.2) is 0 Å². The molecule has 2 aliphatic heterocycles. The van der Waals surface area contributed by atoms with Gasteiger partial charge in [0.1, 0.15) is 0 Å². The Hall–Kier alpha value is -0.590. The number of hydrogen-bond donors (Lipinski definition) is 0. The number of piperazine rings is 1. The molecule has 1 saturated carbocycles. The van der Waals surface area contributed by atoms with Crippen LogP contribution in [0.25, 0.3) is 0 Å². The van der Waals surface area contributed by atoms with Gasteiger partial charge in [-0.3, -0.25) is 9.80 Å². The maximum Gasteiger partial charge on any atom is 0.0672 e. The number of nitrogens with zero attached hydrogens (tertiary/aromatic N) is 3. The lowest BCUT2D eigenvalue weighted by molar-refractivity contribution is 0.0134. The number of hydrogen-bond acceptors (Lipinski definition) is 3. The van der Waals surface area contributed by atoms with E-state index >= 15 is 0 Å². The first kappa shape index (κ1) is 13.4. The third-order valence-electron chi connectivity index (χ3n) is 5.56. The van der Waals surface area contributed by atoms with Gasteiger partial charge in [0.25, 0.3) is 0 Å². The molecule has 19 heavy (non-hydrogen) atoms. The second kappa shape index (κ2) is 5.81. The van der Waals surface area contributed by atoms with E-state index in [2.05, 4.69) is 22.8 Å². The first-order valence-corrected chi connectivity index (χ1v) is 8.19. The van der Waals surface area contributed by atoms with Crippen LogP contribution in [0, 0.1) is 17.2 Å². The topological polar surface area (TPSA) is 30.3 Å². The molecular weight excluding hydrogens is 234 g/mol. The standard InChI is InChI=1S/C16H27N3/c1-13-11-18-9-5-7-15(18)12-19(13)16-8-4-2-3-6-14(16)10-17/h13-16H,2-9,11-12H2,1H3. The van der Waals surface area contributed by atoms with Crippen molar-refractivity contribution in [2.24, 2.45) is 5.92 Å². The van der Waals surface area contributed by atoms with E-state index in [1.54, 1.807) is 0 Å². The van der Waals surface area contributed by atoms with Crippen molar-refractivity contribution in [3.8, 4) is 6.07 Å². The van der Waals surface area contributed by atoms with Crippen molar-refractivity contribution < 1.29 is 0 Å². The number of nitriles is 1. The molecule has 0 amide bonds. The Morgan fingerprint density at radius 3 is 2.68 bits per heavy atom. The molecule has 0 aromatic carbocycles. The Balaban J connectivity index is 1.73. The molecule has 4 unspecified atom stereocenters. The highest BCUT2D eigenvalue weighted by atomic mass is 15.3. The zero-order valence-corrected chi connectivity index (χ0v) is 12.2. The second-order valence-corrected chi connectivity index (χ2v) is 6.78. The maximum atomic E-state index is 9.50. The summed E-state index contributed by atoms with van der Waals surface area (Å²) in [6, 6.07) is 4.56. The Morgan fingerprint density at radius 2 is 1.84 bits per heavy atom. The summed E-state index contributed by atoms with van der Waals surface area (Å²) in [5.41, 5.74) is 0. The van der Waals surface area contributed by atoms with E-state index in [0.717, 1.165) is 12.5 Å². The van der Waals surface area contributed by atoms with Crippen LogP contribution < -0.4 is 0 Å². The van der Waals surface area contributed by atoms with Crippen molar-refractivity contribution >= 4 is 0 Å². The fourth-order valence-corrected chi connectivity index (χ4v) is 4.51. The number of fused-ring (bicyclic) bond motifs is 1. The minimum Gasteiger partial charge on any atom is -0.298 e. The molecule has 3 rings (SSSR count). The molecule has 3 fully saturated rings. The predicted molar refractivity (Wildman–Crippen MR) is 76.7 cm³/mol. The van der Waals surface area contributed by atoms with Crippen LogP contribution in [0.1, 0.15) is 51.9 Å². The lowest BCUT2D eigenvalue weighted by Gasteiger charge is -2.47. The molecule has 0 N–H and O–H groups in total. The predicted octanol–water partition coefficient (Wildman–Crippen LogP) is 2.63. The summed E-state index contributed by atoms with van der Waals surface area (Å²) in [6.45, 7) is 6.10. The highest BCUT2D eigenvalue weighted by Gasteiger charge is 2.39. The van der Waals surface area contributed by atoms with E-state index in [4.69, 9.17) is 0 Å². The molecule has 0 radical (unpaired) electrons. The Kier molecular flexibility index (Phi) is 4.10. The minimum atomic E-state index is 0.276. The maximum absolute atomic E-state index is 9.50. The average Bonchev–Trinajstić information content (AvgIpc) is 2.73. The van der Waals surface area contributed by atoms with Gasteiger partial charge < -0.3 is 0 Å². The molecule has 106 valence electrons. The van der Waals surface area contributed by atoms with Crippen LogP contribution in [-0.4, -0.2) is 47.6 Å². The first-order chi connectivity index (χ1) is 9.29. The molecule has 0 aromatic rings. The van der Waals surface area contributed by atoms with Crippen LogP contribution in [0.3, 0.4) is 0 Å².